The molecule has 0 spiro atoms. The number of hydrogen-bond donors (Lipinski definition) is 0. The number of hydrogen-bond acceptors (Lipinski definition) is 10. The van der Waals surface area contributed by atoms with E-state index in [9.17, 15) is 25.9 Å². The molecule has 0 saturated heterocycles. The van der Waals surface area contributed by atoms with Gasteiger partial charge in [-0.25, -0.2) is 16.8 Å². The number of furan rings is 1. The van der Waals surface area contributed by atoms with Crippen molar-refractivity contribution in [1.29, 1.82) is 0 Å². The first kappa shape index (κ1) is 26.7. The maximum absolute atomic E-state index is 11.3. The van der Waals surface area contributed by atoms with Crippen molar-refractivity contribution in [2.75, 3.05) is 23.0 Å². The Morgan fingerprint density at radius 1 is 1.03 bits per heavy atom. The smallest absolute Gasteiger partial charge is 0.265 e. The molecule has 0 saturated carbocycles. The molecule has 0 atom stereocenters. The number of thioether (sulfide) groups is 1. The normalized spacial score (nSPS) is 15.3. The number of aryl methyl sites for hydroxylation is 1. The van der Waals surface area contributed by atoms with Gasteiger partial charge in [0, 0.05) is 33.8 Å². The molecule has 5 rings (SSSR count). The van der Waals surface area contributed by atoms with Crippen LogP contribution in [0.4, 0.5) is 5.69 Å². The number of nitrogens with zero attached hydrogens (tertiary/aromatic N) is 2. The maximum atomic E-state index is 11.3. The van der Waals surface area contributed by atoms with Gasteiger partial charge in [-0.3, -0.25) is 0 Å². The lowest BCUT2D eigenvalue weighted by Crippen LogP contribution is -2.36. The molecule has 0 N–H and O–H groups in total. The van der Waals surface area contributed by atoms with E-state index in [-0.39, 0.29) is 12.8 Å². The molecule has 196 valence electrons. The quantitative estimate of drug-likeness (QED) is 0.191. The second-order valence-electron chi connectivity index (χ2n) is 8.42. The summed E-state index contributed by atoms with van der Waals surface area (Å²) in [5, 5.41) is 2.56. The Morgan fingerprint density at radius 3 is 2.54 bits per heavy atom. The minimum absolute atomic E-state index is 0.151. The van der Waals surface area contributed by atoms with Crippen LogP contribution in [0, 0.1) is 0 Å². The zero-order chi connectivity index (χ0) is 26.4. The summed E-state index contributed by atoms with van der Waals surface area (Å²) < 4.78 is 76.8. The summed E-state index contributed by atoms with van der Waals surface area (Å²) in [4.78, 5) is 2.97. The fraction of sp³-hybridized carbons (Fsp3) is 0.261. The van der Waals surface area contributed by atoms with Crippen LogP contribution in [0.3, 0.4) is 0 Å². The largest absolute Gasteiger partial charge is 0.748 e. The van der Waals surface area contributed by atoms with Crippen molar-refractivity contribution in [2.24, 2.45) is 0 Å². The van der Waals surface area contributed by atoms with Gasteiger partial charge in [-0.2, -0.15) is 4.57 Å². The van der Waals surface area contributed by atoms with Crippen molar-refractivity contribution >= 4 is 92.2 Å². The topological polar surface area (TPSA) is 135 Å². The zero-order valence-corrected chi connectivity index (χ0v) is 24.0. The van der Waals surface area contributed by atoms with Crippen molar-refractivity contribution in [2.45, 2.75) is 24.3 Å². The van der Waals surface area contributed by atoms with Crippen LogP contribution in [-0.2, 0) is 26.8 Å². The number of thiazole rings is 1. The average Bonchev–Trinajstić information content (AvgIpc) is 3.48. The SMILES string of the molecule is O=S(=O)([O-])CCCN1/C(=C/c2sc3ccc4occc4c3[n+]2CCCS(=O)(=O)[O-])Sc2ccc(Br)cc21. The number of anilines is 1. The highest BCUT2D eigenvalue weighted by Gasteiger charge is 2.29. The van der Waals surface area contributed by atoms with E-state index < -0.39 is 31.7 Å². The number of aromatic nitrogens is 1. The van der Waals surface area contributed by atoms with Crippen LogP contribution in [0.25, 0.3) is 27.3 Å². The van der Waals surface area contributed by atoms with Crippen molar-refractivity contribution < 1.29 is 34.9 Å². The predicted molar refractivity (Wildman–Crippen MR) is 145 cm³/mol. The highest BCUT2D eigenvalue weighted by molar-refractivity contribution is 9.10. The van der Waals surface area contributed by atoms with Gasteiger partial charge in [0.1, 0.15) is 10.3 Å². The van der Waals surface area contributed by atoms with Crippen molar-refractivity contribution in [1.82, 2.24) is 0 Å². The van der Waals surface area contributed by atoms with E-state index in [4.69, 9.17) is 4.42 Å². The van der Waals surface area contributed by atoms with E-state index in [0.717, 1.165) is 40.7 Å². The summed E-state index contributed by atoms with van der Waals surface area (Å²) in [5.41, 5.74) is 2.48. The summed E-state index contributed by atoms with van der Waals surface area (Å²) >= 11 is 6.54. The lowest BCUT2D eigenvalue weighted by Gasteiger charge is -2.20. The Balaban J connectivity index is 1.58. The van der Waals surface area contributed by atoms with Crippen LogP contribution in [0.1, 0.15) is 17.8 Å². The first-order valence-electron chi connectivity index (χ1n) is 11.1. The molecule has 0 bridgehead atoms. The zero-order valence-electron chi connectivity index (χ0n) is 19.1. The molecule has 14 heteroatoms. The Bertz CT molecular complexity index is 1740. The van der Waals surface area contributed by atoms with Gasteiger partial charge >= 0.3 is 0 Å². The van der Waals surface area contributed by atoms with Gasteiger partial charge in [0.25, 0.3) is 5.01 Å². The summed E-state index contributed by atoms with van der Waals surface area (Å²) in [6, 6.07) is 11.5. The number of rotatable bonds is 9. The third-order valence-corrected chi connectivity index (χ3v) is 10.1. The molecule has 1 aliphatic heterocycles. The second-order valence-corrected chi connectivity index (χ2v) is 14.5. The lowest BCUT2D eigenvalue weighted by molar-refractivity contribution is -0.667. The number of benzene rings is 2. The third kappa shape index (κ3) is 6.05. The number of fused-ring (bicyclic) bond motifs is 4. The molecule has 2 aromatic carbocycles. The Kier molecular flexibility index (Phi) is 7.44. The molecule has 2 aromatic heterocycles. The minimum Gasteiger partial charge on any atom is -0.748 e. The first-order valence-corrected chi connectivity index (χ1v) is 16.7. The van der Waals surface area contributed by atoms with Gasteiger partial charge in [0.15, 0.2) is 6.54 Å². The van der Waals surface area contributed by atoms with Crippen LogP contribution < -0.4 is 9.47 Å². The molecule has 3 heterocycles. The third-order valence-electron chi connectivity index (χ3n) is 5.81. The van der Waals surface area contributed by atoms with E-state index in [1.54, 1.807) is 6.26 Å². The van der Waals surface area contributed by atoms with Crippen LogP contribution in [0.5, 0.6) is 0 Å². The van der Waals surface area contributed by atoms with Crippen molar-refractivity contribution in [3.05, 3.63) is 57.2 Å². The molecule has 0 fully saturated rings. The Labute approximate surface area is 230 Å². The predicted octanol–water partition coefficient (Wildman–Crippen LogP) is 4.48. The highest BCUT2D eigenvalue weighted by Crippen LogP contribution is 2.48. The average molecular weight is 645 g/mol. The molecule has 9 nitrogen and oxygen atoms in total. The number of halogens is 1. The molecular formula is C23H20BrN2O7S4-. The molecule has 4 aromatic rings. The highest BCUT2D eigenvalue weighted by atomic mass is 79.9. The van der Waals surface area contributed by atoms with E-state index in [1.807, 2.05) is 51.9 Å². The van der Waals surface area contributed by atoms with Gasteiger partial charge in [-0.05, 0) is 42.8 Å². The van der Waals surface area contributed by atoms with E-state index in [1.165, 1.54) is 23.1 Å². The van der Waals surface area contributed by atoms with E-state index in [2.05, 4.69) is 15.9 Å². The fourth-order valence-electron chi connectivity index (χ4n) is 4.29. The monoisotopic (exact) mass is 643 g/mol. The maximum Gasteiger partial charge on any atom is 0.265 e. The molecule has 0 radical (unpaired) electrons. The summed E-state index contributed by atoms with van der Waals surface area (Å²) in [7, 11) is -8.69. The standard InChI is InChI=1S/C23H21BrN2O7S4/c24-15-3-5-19-17(13-15)25(8-1-11-36(27,28)29)21(34-19)14-22-26(9-2-12-37(30,31)32)23-16-7-10-33-18(16)4-6-20(23)35-22/h3-7,10,13-14H,1-2,8-9,11-12H2,(H-,27,28,29,30,31,32)/p-1. The van der Waals surface area contributed by atoms with E-state index in [0.29, 0.717) is 18.7 Å². The van der Waals surface area contributed by atoms with Crippen LogP contribution in [0.2, 0.25) is 0 Å². The minimum atomic E-state index is -4.35. The van der Waals surface area contributed by atoms with Gasteiger partial charge < -0.3 is 18.4 Å². The van der Waals surface area contributed by atoms with Crippen LogP contribution >= 0.6 is 39.0 Å². The molecule has 0 unspecified atom stereocenters. The molecule has 0 aliphatic carbocycles. The van der Waals surface area contributed by atoms with E-state index >= 15 is 0 Å². The van der Waals surface area contributed by atoms with Crippen molar-refractivity contribution in [3.8, 4) is 0 Å². The van der Waals surface area contributed by atoms with Crippen LogP contribution in [0.15, 0.2) is 61.5 Å². The lowest BCUT2D eigenvalue weighted by atomic mass is 10.2. The van der Waals surface area contributed by atoms with Crippen LogP contribution in [-0.4, -0.2) is 44.0 Å². The van der Waals surface area contributed by atoms with Gasteiger partial charge in [0.05, 0.1) is 48.7 Å². The molecule has 37 heavy (non-hydrogen) atoms. The molecule has 1 aliphatic rings. The summed E-state index contributed by atoms with van der Waals surface area (Å²) in [6.45, 7) is 0.636. The van der Waals surface area contributed by atoms with Gasteiger partial charge in [-0.15, -0.1) is 0 Å². The summed E-state index contributed by atoms with van der Waals surface area (Å²) in [6.07, 6.45) is 3.89. The van der Waals surface area contributed by atoms with Crippen molar-refractivity contribution in [3.63, 3.8) is 0 Å². The molecular weight excluding hydrogens is 624 g/mol. The summed E-state index contributed by atoms with van der Waals surface area (Å²) in [5.74, 6) is -0.936. The fourth-order valence-corrected chi connectivity index (χ4v) is 7.93. The van der Waals surface area contributed by atoms with Gasteiger partial charge in [0.2, 0.25) is 5.52 Å². The molecule has 0 amide bonds. The van der Waals surface area contributed by atoms with Gasteiger partial charge in [-0.1, -0.05) is 39.0 Å². The Hall–Kier alpha value is -1.94. The second kappa shape index (κ2) is 10.3. The first-order chi connectivity index (χ1) is 17.5. The Morgan fingerprint density at radius 2 is 1.78 bits per heavy atom.